The van der Waals surface area contributed by atoms with Gasteiger partial charge < -0.3 is 10.3 Å². The van der Waals surface area contributed by atoms with E-state index < -0.39 is 5.97 Å². The van der Waals surface area contributed by atoms with Crippen LogP contribution < -0.4 is 0 Å². The molecule has 4 heteroatoms. The number of nitrogens with zero attached hydrogens (tertiary/aromatic N) is 2. The van der Waals surface area contributed by atoms with Crippen LogP contribution in [0, 0.1) is 5.92 Å². The number of carbonyl (C=O) groups excluding carboxylic acids is 1. The SMILES string of the molecule is CC1CCCCC1OC(=O)C=[N+]=[N-]. The van der Waals surface area contributed by atoms with E-state index in [1.807, 2.05) is 0 Å². The van der Waals surface area contributed by atoms with Crippen LogP contribution in [0.5, 0.6) is 0 Å². The molecule has 1 fully saturated rings. The lowest BCUT2D eigenvalue weighted by Gasteiger charge is -2.27. The fourth-order valence-electron chi connectivity index (χ4n) is 1.68. The van der Waals surface area contributed by atoms with Crippen LogP contribution in [0.1, 0.15) is 32.6 Å². The monoisotopic (exact) mass is 182 g/mol. The van der Waals surface area contributed by atoms with E-state index >= 15 is 0 Å². The second-order valence-electron chi connectivity index (χ2n) is 3.48. The number of ether oxygens (including phenoxy) is 1. The number of hydrogen-bond donors (Lipinski definition) is 0. The summed E-state index contributed by atoms with van der Waals surface area (Å²) >= 11 is 0. The number of esters is 1. The highest BCUT2D eigenvalue weighted by Crippen LogP contribution is 2.25. The predicted molar refractivity (Wildman–Crippen MR) is 47.2 cm³/mol. The van der Waals surface area contributed by atoms with Crippen LogP contribution in [-0.4, -0.2) is 23.1 Å². The molecule has 0 aromatic heterocycles. The quantitative estimate of drug-likeness (QED) is 0.280. The highest BCUT2D eigenvalue weighted by molar-refractivity contribution is 6.20. The minimum atomic E-state index is -0.554. The maximum atomic E-state index is 10.9. The molecule has 0 bridgehead atoms. The average molecular weight is 182 g/mol. The van der Waals surface area contributed by atoms with Crippen LogP contribution in [0.4, 0.5) is 0 Å². The van der Waals surface area contributed by atoms with E-state index in [2.05, 4.69) is 11.7 Å². The zero-order valence-electron chi connectivity index (χ0n) is 7.77. The minimum absolute atomic E-state index is 0.000694. The Morgan fingerprint density at radius 3 is 2.85 bits per heavy atom. The second-order valence-corrected chi connectivity index (χ2v) is 3.48. The maximum Gasteiger partial charge on any atom is 0.413 e. The van der Waals surface area contributed by atoms with Gasteiger partial charge in [0.2, 0.25) is 0 Å². The topological polar surface area (TPSA) is 62.7 Å². The predicted octanol–water partition coefficient (Wildman–Crippen LogP) is 1.41. The summed E-state index contributed by atoms with van der Waals surface area (Å²) in [6.07, 6.45) is 5.14. The molecule has 0 aromatic rings. The molecular formula is C9H14N2O2. The third kappa shape index (κ3) is 2.99. The standard InChI is InChI=1S/C9H14N2O2/c1-7-4-2-3-5-8(7)13-9(12)6-11-10/h6-8H,2-5H2,1H3. The Morgan fingerprint density at radius 1 is 1.54 bits per heavy atom. The van der Waals surface area contributed by atoms with E-state index in [0.29, 0.717) is 5.92 Å². The Labute approximate surface area is 77.5 Å². The third-order valence-corrected chi connectivity index (χ3v) is 2.46. The molecule has 0 saturated heterocycles. The van der Waals surface area contributed by atoms with Gasteiger partial charge in [0.1, 0.15) is 6.10 Å². The fraction of sp³-hybridized carbons (Fsp3) is 0.778. The molecule has 72 valence electrons. The first-order valence-corrected chi connectivity index (χ1v) is 4.62. The van der Waals surface area contributed by atoms with E-state index in [4.69, 9.17) is 10.3 Å². The summed E-state index contributed by atoms with van der Waals surface area (Å²) < 4.78 is 5.10. The molecule has 0 heterocycles. The molecule has 1 rings (SSSR count). The van der Waals surface area contributed by atoms with Crippen molar-refractivity contribution in [2.24, 2.45) is 5.92 Å². The van der Waals surface area contributed by atoms with Crippen molar-refractivity contribution < 1.29 is 14.3 Å². The van der Waals surface area contributed by atoms with Crippen LogP contribution in [0.25, 0.3) is 5.53 Å². The van der Waals surface area contributed by atoms with Crippen molar-refractivity contribution in [2.45, 2.75) is 38.7 Å². The molecule has 0 radical (unpaired) electrons. The van der Waals surface area contributed by atoms with E-state index in [0.717, 1.165) is 25.5 Å². The van der Waals surface area contributed by atoms with Gasteiger partial charge in [-0.2, -0.15) is 4.79 Å². The van der Waals surface area contributed by atoms with Crippen LogP contribution in [0.3, 0.4) is 0 Å². The molecule has 0 amide bonds. The smallest absolute Gasteiger partial charge is 0.413 e. The van der Waals surface area contributed by atoms with Crippen LogP contribution in [-0.2, 0) is 9.53 Å². The average Bonchev–Trinajstić information content (AvgIpc) is 2.09. The van der Waals surface area contributed by atoms with E-state index in [9.17, 15) is 4.79 Å². The summed E-state index contributed by atoms with van der Waals surface area (Å²) in [6, 6.07) is 0. The molecule has 0 N–H and O–H groups in total. The molecule has 13 heavy (non-hydrogen) atoms. The molecule has 4 nitrogen and oxygen atoms in total. The lowest BCUT2D eigenvalue weighted by Crippen LogP contribution is -2.28. The molecule has 1 aliphatic rings. The summed E-state index contributed by atoms with van der Waals surface area (Å²) in [5.74, 6) is -0.133. The lowest BCUT2D eigenvalue weighted by atomic mass is 9.88. The fourth-order valence-corrected chi connectivity index (χ4v) is 1.68. The zero-order chi connectivity index (χ0) is 9.68. The molecule has 0 spiro atoms. The Balaban J connectivity index is 2.42. The first kappa shape index (κ1) is 9.93. The van der Waals surface area contributed by atoms with Crippen molar-refractivity contribution >= 4 is 12.2 Å². The third-order valence-electron chi connectivity index (χ3n) is 2.46. The molecule has 1 aliphatic carbocycles. The van der Waals surface area contributed by atoms with Gasteiger partial charge in [0.25, 0.3) is 0 Å². The minimum Gasteiger partial charge on any atom is -0.454 e. The molecule has 2 unspecified atom stereocenters. The van der Waals surface area contributed by atoms with Gasteiger partial charge in [-0.25, -0.2) is 4.79 Å². The first-order valence-electron chi connectivity index (χ1n) is 4.62. The number of hydrogen-bond acceptors (Lipinski definition) is 2. The van der Waals surface area contributed by atoms with Gasteiger partial charge in [-0.1, -0.05) is 13.3 Å². The van der Waals surface area contributed by atoms with Crippen LogP contribution in [0.2, 0.25) is 0 Å². The summed E-state index contributed by atoms with van der Waals surface area (Å²) in [5, 5.41) is 0. The van der Waals surface area contributed by atoms with E-state index in [1.165, 1.54) is 6.42 Å². The Hall–Kier alpha value is -1.15. The zero-order valence-corrected chi connectivity index (χ0v) is 7.77. The van der Waals surface area contributed by atoms with Crippen molar-refractivity contribution in [3.63, 3.8) is 0 Å². The first-order chi connectivity index (χ1) is 6.24. The number of rotatable bonds is 2. The second kappa shape index (κ2) is 4.77. The highest BCUT2D eigenvalue weighted by atomic mass is 16.5. The summed E-state index contributed by atoms with van der Waals surface area (Å²) in [6.45, 7) is 2.08. The molecule has 2 atom stereocenters. The van der Waals surface area contributed by atoms with Gasteiger partial charge >= 0.3 is 12.2 Å². The van der Waals surface area contributed by atoms with Crippen LogP contribution in [0.15, 0.2) is 0 Å². The molecule has 0 aliphatic heterocycles. The van der Waals surface area contributed by atoms with Gasteiger partial charge in [-0.05, 0) is 25.2 Å². The van der Waals surface area contributed by atoms with Gasteiger partial charge in [-0.15, -0.1) is 0 Å². The Kier molecular flexibility index (Phi) is 3.65. The molecule has 1 saturated carbocycles. The van der Waals surface area contributed by atoms with Crippen molar-refractivity contribution in [1.29, 1.82) is 0 Å². The maximum absolute atomic E-state index is 10.9. The van der Waals surface area contributed by atoms with Gasteiger partial charge in [-0.3, -0.25) is 0 Å². The van der Waals surface area contributed by atoms with E-state index in [-0.39, 0.29) is 6.10 Å². The van der Waals surface area contributed by atoms with Gasteiger partial charge in [0, 0.05) is 0 Å². The van der Waals surface area contributed by atoms with Crippen molar-refractivity contribution in [2.75, 3.05) is 0 Å². The normalized spacial score (nSPS) is 27.5. The highest BCUT2D eigenvalue weighted by Gasteiger charge is 2.24. The van der Waals surface area contributed by atoms with Gasteiger partial charge in [0.05, 0.1) is 0 Å². The summed E-state index contributed by atoms with van der Waals surface area (Å²) in [5.41, 5.74) is 8.10. The lowest BCUT2D eigenvalue weighted by molar-refractivity contribution is -0.148. The Bertz CT molecular complexity index is 234. The molecule has 0 aromatic carbocycles. The molecular weight excluding hydrogens is 168 g/mol. The summed E-state index contributed by atoms with van der Waals surface area (Å²) in [4.78, 5) is 13.6. The van der Waals surface area contributed by atoms with Crippen LogP contribution >= 0.6 is 0 Å². The number of carbonyl (C=O) groups is 1. The summed E-state index contributed by atoms with van der Waals surface area (Å²) in [7, 11) is 0. The van der Waals surface area contributed by atoms with Crippen molar-refractivity contribution in [3.8, 4) is 0 Å². The van der Waals surface area contributed by atoms with Crippen molar-refractivity contribution in [3.05, 3.63) is 5.53 Å². The van der Waals surface area contributed by atoms with Crippen molar-refractivity contribution in [1.82, 2.24) is 0 Å². The largest absolute Gasteiger partial charge is 0.454 e. The van der Waals surface area contributed by atoms with Gasteiger partial charge in [0.15, 0.2) is 0 Å². The Morgan fingerprint density at radius 2 is 2.23 bits per heavy atom. The van der Waals surface area contributed by atoms with E-state index in [1.54, 1.807) is 0 Å².